The normalized spacial score (nSPS) is 19.9. The molecule has 1 fully saturated rings. The number of aryl methyl sites for hydroxylation is 1. The first-order valence-electron chi connectivity index (χ1n) is 8.89. The summed E-state index contributed by atoms with van der Waals surface area (Å²) in [6.45, 7) is 7.34. The number of likely N-dealkylation sites (tertiary alicyclic amines) is 1. The minimum Gasteiger partial charge on any atom is -0.480 e. The van der Waals surface area contributed by atoms with Crippen molar-refractivity contribution in [2.75, 3.05) is 6.54 Å². The van der Waals surface area contributed by atoms with Crippen molar-refractivity contribution >= 4 is 22.8 Å². The van der Waals surface area contributed by atoms with E-state index in [-0.39, 0.29) is 13.0 Å². The van der Waals surface area contributed by atoms with Gasteiger partial charge in [0.2, 0.25) is 5.88 Å². The fourth-order valence-corrected chi connectivity index (χ4v) is 3.20. The van der Waals surface area contributed by atoms with Crippen LogP contribution in [0, 0.1) is 6.92 Å². The van der Waals surface area contributed by atoms with Crippen molar-refractivity contribution in [2.24, 2.45) is 0 Å². The number of hydrogen-bond acceptors (Lipinski definition) is 5. The summed E-state index contributed by atoms with van der Waals surface area (Å²) in [5.74, 6) is -0.634. The predicted octanol–water partition coefficient (Wildman–Crippen LogP) is 3.38. The Morgan fingerprint density at radius 3 is 2.52 bits per heavy atom. The van der Waals surface area contributed by atoms with E-state index in [0.29, 0.717) is 5.88 Å². The molecule has 0 saturated carbocycles. The molecule has 1 aromatic heterocycles. The van der Waals surface area contributed by atoms with Gasteiger partial charge in [0.05, 0.1) is 6.54 Å². The molecule has 7 heteroatoms. The largest absolute Gasteiger partial charge is 0.480 e. The van der Waals surface area contributed by atoms with Crippen LogP contribution >= 0.6 is 0 Å². The minimum atomic E-state index is -1.08. The van der Waals surface area contributed by atoms with Crippen LogP contribution in [0.5, 0.6) is 5.88 Å². The smallest absolute Gasteiger partial charge is 0.411 e. The van der Waals surface area contributed by atoms with Crippen molar-refractivity contribution in [2.45, 2.75) is 51.9 Å². The van der Waals surface area contributed by atoms with Crippen molar-refractivity contribution < 1.29 is 24.2 Å². The molecule has 0 spiro atoms. The minimum absolute atomic E-state index is 0.135. The number of aliphatic carboxylic acids is 1. The Kier molecular flexibility index (Phi) is 4.95. The van der Waals surface area contributed by atoms with Gasteiger partial charge in [0.1, 0.15) is 17.7 Å². The quantitative estimate of drug-likeness (QED) is 0.888. The van der Waals surface area contributed by atoms with E-state index in [1.807, 2.05) is 31.2 Å². The maximum atomic E-state index is 12.4. The zero-order valence-corrected chi connectivity index (χ0v) is 15.9. The Balaban J connectivity index is 1.82. The topological polar surface area (TPSA) is 89.0 Å². The van der Waals surface area contributed by atoms with Gasteiger partial charge in [-0.05, 0) is 44.7 Å². The zero-order chi connectivity index (χ0) is 19.8. The molecule has 2 heterocycles. The number of carboxylic acid groups (broad SMARTS) is 1. The number of hydrogen-bond donors (Lipinski definition) is 1. The van der Waals surface area contributed by atoms with Gasteiger partial charge >= 0.3 is 12.1 Å². The maximum absolute atomic E-state index is 12.4. The van der Waals surface area contributed by atoms with Gasteiger partial charge in [0, 0.05) is 18.0 Å². The molecule has 144 valence electrons. The number of carbonyl (C=O) groups is 2. The molecular weight excluding hydrogens is 348 g/mol. The third kappa shape index (κ3) is 4.13. The fraction of sp³-hybridized carbons (Fsp3) is 0.450. The highest BCUT2D eigenvalue weighted by Crippen LogP contribution is 2.30. The Bertz CT molecular complexity index is 874. The lowest BCUT2D eigenvalue weighted by Gasteiger charge is -2.26. The summed E-state index contributed by atoms with van der Waals surface area (Å²) in [6.07, 6.45) is 0.783. The van der Waals surface area contributed by atoms with E-state index in [2.05, 4.69) is 4.98 Å². The number of rotatable bonds is 3. The molecule has 1 amide bonds. The summed E-state index contributed by atoms with van der Waals surface area (Å²) in [5.41, 5.74) is 0.330. The second-order valence-corrected chi connectivity index (χ2v) is 7.75. The van der Waals surface area contributed by atoms with E-state index in [1.54, 1.807) is 27.0 Å². The lowest BCUT2D eigenvalue weighted by Crippen LogP contribution is -2.43. The number of fused-ring (bicyclic) bond motifs is 1. The average Bonchev–Trinajstić information content (AvgIpc) is 3.01. The number of aromatic nitrogens is 1. The monoisotopic (exact) mass is 372 g/mol. The fourth-order valence-electron chi connectivity index (χ4n) is 3.20. The molecule has 2 unspecified atom stereocenters. The second-order valence-electron chi connectivity index (χ2n) is 7.75. The van der Waals surface area contributed by atoms with Crippen LogP contribution in [0.4, 0.5) is 4.79 Å². The van der Waals surface area contributed by atoms with Crippen LogP contribution in [0.15, 0.2) is 30.5 Å². The second kappa shape index (κ2) is 7.06. The molecule has 1 aromatic carbocycles. The van der Waals surface area contributed by atoms with Crippen molar-refractivity contribution in [3.63, 3.8) is 0 Å². The number of ether oxygens (including phenoxy) is 2. The van der Waals surface area contributed by atoms with Crippen LogP contribution < -0.4 is 4.74 Å². The third-order valence-electron chi connectivity index (χ3n) is 4.41. The van der Waals surface area contributed by atoms with E-state index in [9.17, 15) is 14.7 Å². The van der Waals surface area contributed by atoms with Crippen molar-refractivity contribution in [3.05, 3.63) is 36.0 Å². The van der Waals surface area contributed by atoms with Crippen LogP contribution in [0.25, 0.3) is 10.8 Å². The van der Waals surface area contributed by atoms with Gasteiger partial charge in [-0.25, -0.2) is 14.6 Å². The molecule has 1 aliphatic rings. The van der Waals surface area contributed by atoms with Crippen LogP contribution in [0.1, 0.15) is 32.8 Å². The van der Waals surface area contributed by atoms with Gasteiger partial charge in [-0.1, -0.05) is 18.2 Å². The zero-order valence-electron chi connectivity index (χ0n) is 15.9. The molecule has 27 heavy (non-hydrogen) atoms. The molecular formula is C20H24N2O5. The summed E-state index contributed by atoms with van der Waals surface area (Å²) in [4.78, 5) is 29.6. The molecule has 1 aliphatic heterocycles. The summed E-state index contributed by atoms with van der Waals surface area (Å²) in [5, 5.41) is 11.4. The Hall–Kier alpha value is -2.83. The van der Waals surface area contributed by atoms with Crippen molar-refractivity contribution in [1.29, 1.82) is 0 Å². The highest BCUT2D eigenvalue weighted by atomic mass is 16.6. The standard InChI is InChI=1S/C20H24N2O5/c1-12-10-21-17(15-8-6-5-7-14(12)15)26-13-9-16(18(23)24)22(11-13)19(25)27-20(2,3)4/h5-8,10,13,16H,9,11H2,1-4H3,(H,23,24). The Labute approximate surface area is 157 Å². The lowest BCUT2D eigenvalue weighted by molar-refractivity contribution is -0.142. The number of carbonyl (C=O) groups excluding carboxylic acids is 1. The molecule has 2 aromatic rings. The number of pyridine rings is 1. The van der Waals surface area contributed by atoms with Gasteiger partial charge in [-0.3, -0.25) is 4.90 Å². The highest BCUT2D eigenvalue weighted by Gasteiger charge is 2.43. The van der Waals surface area contributed by atoms with E-state index >= 15 is 0 Å². The molecule has 0 bridgehead atoms. The third-order valence-corrected chi connectivity index (χ3v) is 4.41. The molecule has 1 saturated heterocycles. The van der Waals surface area contributed by atoms with E-state index < -0.39 is 29.8 Å². The van der Waals surface area contributed by atoms with Crippen LogP contribution in [-0.2, 0) is 9.53 Å². The molecule has 3 rings (SSSR count). The Morgan fingerprint density at radius 2 is 1.89 bits per heavy atom. The van der Waals surface area contributed by atoms with Gasteiger partial charge in [0.15, 0.2) is 0 Å². The first-order chi connectivity index (χ1) is 12.7. The van der Waals surface area contributed by atoms with Crippen molar-refractivity contribution in [1.82, 2.24) is 9.88 Å². The predicted molar refractivity (Wildman–Crippen MR) is 99.9 cm³/mol. The van der Waals surface area contributed by atoms with Gasteiger partial charge in [0.25, 0.3) is 0 Å². The van der Waals surface area contributed by atoms with Gasteiger partial charge in [-0.2, -0.15) is 0 Å². The number of amides is 1. The first kappa shape index (κ1) is 18.9. The number of carboxylic acids is 1. The number of benzene rings is 1. The summed E-state index contributed by atoms with van der Waals surface area (Å²) >= 11 is 0. The SMILES string of the molecule is Cc1cnc(OC2CC(C(=O)O)N(C(=O)OC(C)(C)C)C2)c2ccccc12. The van der Waals surface area contributed by atoms with Gasteiger partial charge < -0.3 is 14.6 Å². The molecule has 2 atom stereocenters. The van der Waals surface area contributed by atoms with E-state index in [0.717, 1.165) is 16.3 Å². The van der Waals surface area contributed by atoms with E-state index in [1.165, 1.54) is 4.90 Å². The Morgan fingerprint density at radius 1 is 1.22 bits per heavy atom. The van der Waals surface area contributed by atoms with Crippen LogP contribution in [-0.4, -0.2) is 51.3 Å². The maximum Gasteiger partial charge on any atom is 0.411 e. The molecule has 1 N–H and O–H groups in total. The molecule has 0 aliphatic carbocycles. The first-order valence-corrected chi connectivity index (χ1v) is 8.89. The summed E-state index contributed by atoms with van der Waals surface area (Å²) in [6, 6.07) is 6.76. The van der Waals surface area contributed by atoms with Crippen LogP contribution in [0.3, 0.4) is 0 Å². The number of nitrogens with zero attached hydrogens (tertiary/aromatic N) is 2. The van der Waals surface area contributed by atoms with E-state index in [4.69, 9.17) is 9.47 Å². The lowest BCUT2D eigenvalue weighted by atomic mass is 10.1. The summed E-state index contributed by atoms with van der Waals surface area (Å²) in [7, 11) is 0. The molecule has 7 nitrogen and oxygen atoms in total. The summed E-state index contributed by atoms with van der Waals surface area (Å²) < 4.78 is 11.3. The highest BCUT2D eigenvalue weighted by molar-refractivity contribution is 5.89. The molecule has 0 radical (unpaired) electrons. The van der Waals surface area contributed by atoms with Gasteiger partial charge in [-0.15, -0.1) is 0 Å². The average molecular weight is 372 g/mol. The van der Waals surface area contributed by atoms with Crippen molar-refractivity contribution in [3.8, 4) is 5.88 Å². The van der Waals surface area contributed by atoms with Crippen LogP contribution in [0.2, 0.25) is 0 Å².